The zero-order chi connectivity index (χ0) is 9.47. The fraction of sp³-hybridized carbons (Fsp3) is 0.727. The van der Waals surface area contributed by atoms with Gasteiger partial charge in [-0.1, -0.05) is 20.8 Å². The van der Waals surface area contributed by atoms with Crippen molar-refractivity contribution in [1.82, 2.24) is 4.98 Å². The van der Waals surface area contributed by atoms with Crippen molar-refractivity contribution in [3.05, 3.63) is 16.1 Å². The minimum absolute atomic E-state index is 0.370. The van der Waals surface area contributed by atoms with Crippen molar-refractivity contribution in [3.8, 4) is 0 Å². The van der Waals surface area contributed by atoms with Gasteiger partial charge in [-0.15, -0.1) is 11.3 Å². The van der Waals surface area contributed by atoms with E-state index in [-0.39, 0.29) is 0 Å². The van der Waals surface area contributed by atoms with Gasteiger partial charge in [0.05, 0.1) is 10.7 Å². The highest BCUT2D eigenvalue weighted by molar-refractivity contribution is 7.09. The van der Waals surface area contributed by atoms with Gasteiger partial charge >= 0.3 is 0 Å². The molecule has 72 valence electrons. The fourth-order valence-corrected chi connectivity index (χ4v) is 2.46. The lowest BCUT2D eigenvalue weighted by Crippen LogP contribution is -2.09. The first kappa shape index (κ1) is 9.20. The Morgan fingerprint density at radius 2 is 2.15 bits per heavy atom. The molecule has 0 saturated heterocycles. The Hall–Kier alpha value is -0.370. The van der Waals surface area contributed by atoms with E-state index in [2.05, 4.69) is 31.1 Å². The SMILES string of the molecule is CC(C)(C)Cc1csc(C2CC2)n1. The van der Waals surface area contributed by atoms with E-state index in [9.17, 15) is 0 Å². The van der Waals surface area contributed by atoms with Gasteiger partial charge in [0, 0.05) is 11.3 Å². The molecule has 1 aliphatic carbocycles. The Morgan fingerprint density at radius 1 is 1.46 bits per heavy atom. The van der Waals surface area contributed by atoms with Crippen LogP contribution in [0.5, 0.6) is 0 Å². The Kier molecular flexibility index (Phi) is 2.18. The van der Waals surface area contributed by atoms with Crippen molar-refractivity contribution >= 4 is 11.3 Å². The van der Waals surface area contributed by atoms with Gasteiger partial charge in [-0.3, -0.25) is 0 Å². The summed E-state index contributed by atoms with van der Waals surface area (Å²) in [5.41, 5.74) is 1.66. The highest BCUT2D eigenvalue weighted by Crippen LogP contribution is 2.41. The number of rotatable bonds is 2. The molecule has 13 heavy (non-hydrogen) atoms. The van der Waals surface area contributed by atoms with E-state index < -0.39 is 0 Å². The van der Waals surface area contributed by atoms with Crippen molar-refractivity contribution in [1.29, 1.82) is 0 Å². The number of nitrogens with zero attached hydrogens (tertiary/aromatic N) is 1. The first-order valence-corrected chi connectivity index (χ1v) is 5.87. The average molecular weight is 195 g/mol. The van der Waals surface area contributed by atoms with Crippen molar-refractivity contribution < 1.29 is 0 Å². The molecule has 1 nitrogen and oxygen atoms in total. The van der Waals surface area contributed by atoms with Crippen molar-refractivity contribution in [2.75, 3.05) is 0 Å². The summed E-state index contributed by atoms with van der Waals surface area (Å²) in [6.07, 6.45) is 3.83. The lowest BCUT2D eigenvalue weighted by atomic mass is 9.91. The van der Waals surface area contributed by atoms with E-state index in [0.29, 0.717) is 5.41 Å². The molecule has 0 radical (unpaired) electrons. The summed E-state index contributed by atoms with van der Waals surface area (Å²) in [6, 6.07) is 0. The van der Waals surface area contributed by atoms with Crippen LogP contribution in [0.2, 0.25) is 0 Å². The number of hydrogen-bond donors (Lipinski definition) is 0. The summed E-state index contributed by atoms with van der Waals surface area (Å²) in [6.45, 7) is 6.80. The third-order valence-corrected chi connectivity index (χ3v) is 3.26. The molecule has 1 saturated carbocycles. The molecule has 2 rings (SSSR count). The molecule has 0 aromatic carbocycles. The maximum Gasteiger partial charge on any atom is 0.0959 e. The van der Waals surface area contributed by atoms with Crippen LogP contribution >= 0.6 is 11.3 Å². The zero-order valence-corrected chi connectivity index (χ0v) is 9.45. The zero-order valence-electron chi connectivity index (χ0n) is 8.63. The van der Waals surface area contributed by atoms with Crippen molar-refractivity contribution in [2.24, 2.45) is 5.41 Å². The number of thiazole rings is 1. The predicted octanol–water partition coefficient (Wildman–Crippen LogP) is 3.61. The van der Waals surface area contributed by atoms with Gasteiger partial charge in [-0.25, -0.2) is 4.98 Å². The molecule has 1 aliphatic rings. The van der Waals surface area contributed by atoms with E-state index in [0.717, 1.165) is 12.3 Å². The molecule has 0 amide bonds. The van der Waals surface area contributed by atoms with Gasteiger partial charge in [0.2, 0.25) is 0 Å². The molecule has 0 N–H and O–H groups in total. The molecule has 1 fully saturated rings. The van der Waals surface area contributed by atoms with Gasteiger partial charge < -0.3 is 0 Å². The fourth-order valence-electron chi connectivity index (χ4n) is 1.46. The Bertz CT molecular complexity index is 291. The van der Waals surface area contributed by atoms with Crippen LogP contribution in [0.4, 0.5) is 0 Å². The quantitative estimate of drug-likeness (QED) is 0.702. The van der Waals surface area contributed by atoms with Gasteiger partial charge in [0.1, 0.15) is 0 Å². The summed E-state index contributed by atoms with van der Waals surface area (Å²) < 4.78 is 0. The van der Waals surface area contributed by atoms with Crippen LogP contribution in [0.25, 0.3) is 0 Å². The first-order chi connectivity index (χ1) is 6.04. The normalized spacial score (nSPS) is 17.8. The van der Waals surface area contributed by atoms with Crippen LogP contribution < -0.4 is 0 Å². The molecule has 0 bridgehead atoms. The van der Waals surface area contributed by atoms with Gasteiger partial charge in [0.25, 0.3) is 0 Å². The minimum atomic E-state index is 0.370. The van der Waals surface area contributed by atoms with E-state index >= 15 is 0 Å². The van der Waals surface area contributed by atoms with E-state index in [1.807, 2.05) is 11.3 Å². The molecule has 0 unspecified atom stereocenters. The van der Waals surface area contributed by atoms with Crippen LogP contribution in [-0.4, -0.2) is 4.98 Å². The Morgan fingerprint density at radius 3 is 2.69 bits per heavy atom. The second kappa shape index (κ2) is 3.09. The van der Waals surface area contributed by atoms with Crippen LogP contribution in [0.15, 0.2) is 5.38 Å². The van der Waals surface area contributed by atoms with E-state index in [4.69, 9.17) is 0 Å². The maximum absolute atomic E-state index is 4.68. The molecule has 1 aromatic heterocycles. The summed E-state index contributed by atoms with van der Waals surface area (Å²) in [7, 11) is 0. The predicted molar refractivity (Wildman–Crippen MR) is 57.2 cm³/mol. The average Bonchev–Trinajstić information content (AvgIpc) is 2.72. The Balaban J connectivity index is 2.04. The van der Waals surface area contributed by atoms with Crippen molar-refractivity contribution in [3.63, 3.8) is 0 Å². The molecule has 0 aliphatic heterocycles. The largest absolute Gasteiger partial charge is 0.246 e. The molecule has 2 heteroatoms. The number of hydrogen-bond acceptors (Lipinski definition) is 2. The molecule has 0 atom stereocenters. The minimum Gasteiger partial charge on any atom is -0.246 e. The van der Waals surface area contributed by atoms with Gasteiger partial charge in [-0.05, 0) is 24.7 Å². The molecular formula is C11H17NS. The van der Waals surface area contributed by atoms with Crippen LogP contribution in [0, 0.1) is 5.41 Å². The topological polar surface area (TPSA) is 12.9 Å². The summed E-state index contributed by atoms with van der Waals surface area (Å²) in [4.78, 5) is 4.68. The first-order valence-electron chi connectivity index (χ1n) is 4.99. The standard InChI is InChI=1S/C11H17NS/c1-11(2,3)6-9-7-13-10(12-9)8-4-5-8/h7-8H,4-6H2,1-3H3. The lowest BCUT2D eigenvalue weighted by molar-refractivity contribution is 0.407. The maximum atomic E-state index is 4.68. The van der Waals surface area contributed by atoms with Gasteiger partial charge in [0.15, 0.2) is 0 Å². The van der Waals surface area contributed by atoms with Crippen LogP contribution in [0.1, 0.15) is 50.2 Å². The molecular weight excluding hydrogens is 178 g/mol. The monoisotopic (exact) mass is 195 g/mol. The van der Waals surface area contributed by atoms with E-state index in [1.54, 1.807) is 0 Å². The highest BCUT2D eigenvalue weighted by atomic mass is 32.1. The Labute approximate surface area is 84.2 Å². The third kappa shape index (κ3) is 2.53. The molecule has 0 spiro atoms. The summed E-state index contributed by atoms with van der Waals surface area (Å²) >= 11 is 1.85. The van der Waals surface area contributed by atoms with Gasteiger partial charge in [-0.2, -0.15) is 0 Å². The van der Waals surface area contributed by atoms with Crippen molar-refractivity contribution in [2.45, 2.75) is 46.0 Å². The highest BCUT2D eigenvalue weighted by Gasteiger charge is 2.27. The summed E-state index contributed by atoms with van der Waals surface area (Å²) in [5.74, 6) is 0.818. The smallest absolute Gasteiger partial charge is 0.0959 e. The third-order valence-electron chi connectivity index (χ3n) is 2.21. The number of aromatic nitrogens is 1. The second-order valence-electron chi connectivity index (χ2n) is 5.19. The molecule has 1 heterocycles. The summed E-state index contributed by atoms with van der Waals surface area (Å²) in [5, 5.41) is 3.61. The van der Waals surface area contributed by atoms with Crippen LogP contribution in [0.3, 0.4) is 0 Å². The van der Waals surface area contributed by atoms with Crippen LogP contribution in [-0.2, 0) is 6.42 Å². The van der Waals surface area contributed by atoms with E-state index in [1.165, 1.54) is 23.5 Å². The second-order valence-corrected chi connectivity index (χ2v) is 6.08. The molecule has 1 aromatic rings. The lowest BCUT2D eigenvalue weighted by Gasteiger charge is -2.15.